The maximum absolute atomic E-state index is 5.98. The van der Waals surface area contributed by atoms with E-state index in [0.717, 1.165) is 31.7 Å². The van der Waals surface area contributed by atoms with Gasteiger partial charge in [-0.15, -0.1) is 0 Å². The summed E-state index contributed by atoms with van der Waals surface area (Å²) in [6, 6.07) is 13.8. The van der Waals surface area contributed by atoms with Crippen molar-refractivity contribution in [1.29, 1.82) is 0 Å². The van der Waals surface area contributed by atoms with E-state index in [9.17, 15) is 0 Å². The molecular formula is C16H15ClN2OS. The van der Waals surface area contributed by atoms with Crippen LogP contribution >= 0.6 is 22.9 Å². The lowest BCUT2D eigenvalue weighted by Crippen LogP contribution is -1.98. The van der Waals surface area contributed by atoms with Gasteiger partial charge in [0.15, 0.2) is 5.13 Å². The van der Waals surface area contributed by atoms with Crippen molar-refractivity contribution in [2.45, 2.75) is 13.5 Å². The average Bonchev–Trinajstić information content (AvgIpc) is 2.88. The number of benzene rings is 2. The first-order chi connectivity index (χ1) is 10.2. The quantitative estimate of drug-likeness (QED) is 0.722. The Kier molecular flexibility index (Phi) is 4.27. The molecule has 0 aliphatic rings. The molecule has 2 aromatic carbocycles. The molecule has 0 bridgehead atoms. The Morgan fingerprint density at radius 1 is 1.24 bits per heavy atom. The second kappa shape index (κ2) is 6.33. The predicted molar refractivity (Wildman–Crippen MR) is 89.6 cm³/mol. The Morgan fingerprint density at radius 2 is 2.14 bits per heavy atom. The Bertz CT molecular complexity index is 757. The fraction of sp³-hybridized carbons (Fsp3) is 0.188. The van der Waals surface area contributed by atoms with Crippen molar-refractivity contribution in [1.82, 2.24) is 4.98 Å². The van der Waals surface area contributed by atoms with Gasteiger partial charge < -0.3 is 10.1 Å². The van der Waals surface area contributed by atoms with E-state index in [-0.39, 0.29) is 0 Å². The van der Waals surface area contributed by atoms with Crippen LogP contribution in [0.25, 0.3) is 10.2 Å². The van der Waals surface area contributed by atoms with E-state index in [1.165, 1.54) is 0 Å². The molecule has 0 spiro atoms. The van der Waals surface area contributed by atoms with Gasteiger partial charge in [-0.2, -0.15) is 0 Å². The standard InChI is InChI=1S/C16H15ClN2OS/c1-2-20-13-6-7-14-15(9-13)21-16(19-14)18-10-11-4-3-5-12(17)8-11/h3-9H,2,10H2,1H3,(H,18,19). The van der Waals surface area contributed by atoms with Gasteiger partial charge in [-0.3, -0.25) is 0 Å². The molecule has 1 aromatic heterocycles. The molecule has 0 aliphatic carbocycles. The van der Waals surface area contributed by atoms with Crippen LogP contribution in [0.5, 0.6) is 5.75 Å². The topological polar surface area (TPSA) is 34.1 Å². The fourth-order valence-electron chi connectivity index (χ4n) is 2.06. The summed E-state index contributed by atoms with van der Waals surface area (Å²) in [5.74, 6) is 0.884. The van der Waals surface area contributed by atoms with Crippen LogP contribution in [0, 0.1) is 0 Å². The Labute approximate surface area is 132 Å². The molecule has 0 saturated carbocycles. The van der Waals surface area contributed by atoms with Crippen LogP contribution < -0.4 is 10.1 Å². The second-order valence-electron chi connectivity index (χ2n) is 4.57. The van der Waals surface area contributed by atoms with Crippen LogP contribution in [0.3, 0.4) is 0 Å². The Morgan fingerprint density at radius 3 is 2.95 bits per heavy atom. The highest BCUT2D eigenvalue weighted by Crippen LogP contribution is 2.29. The third-order valence-corrected chi connectivity index (χ3v) is 4.21. The lowest BCUT2D eigenvalue weighted by Gasteiger charge is -2.02. The van der Waals surface area contributed by atoms with Crippen LogP contribution in [0.15, 0.2) is 42.5 Å². The number of ether oxygens (including phenoxy) is 1. The van der Waals surface area contributed by atoms with E-state index in [1.807, 2.05) is 49.4 Å². The molecule has 0 amide bonds. The first kappa shape index (κ1) is 14.2. The van der Waals surface area contributed by atoms with E-state index in [2.05, 4.69) is 10.3 Å². The normalized spacial score (nSPS) is 10.8. The highest BCUT2D eigenvalue weighted by Gasteiger charge is 2.05. The third kappa shape index (κ3) is 3.46. The van der Waals surface area contributed by atoms with Crippen molar-refractivity contribution in [3.8, 4) is 5.75 Å². The first-order valence-corrected chi connectivity index (χ1v) is 7.96. The van der Waals surface area contributed by atoms with Gasteiger partial charge in [0.05, 0.1) is 16.8 Å². The van der Waals surface area contributed by atoms with Crippen LogP contribution in [0.2, 0.25) is 5.02 Å². The summed E-state index contributed by atoms with van der Waals surface area (Å²) in [4.78, 5) is 4.57. The zero-order valence-corrected chi connectivity index (χ0v) is 13.2. The highest BCUT2D eigenvalue weighted by atomic mass is 35.5. The largest absolute Gasteiger partial charge is 0.494 e. The minimum absolute atomic E-state index is 0.671. The molecular weight excluding hydrogens is 304 g/mol. The van der Waals surface area contributed by atoms with Crippen LogP contribution in [0.1, 0.15) is 12.5 Å². The number of anilines is 1. The summed E-state index contributed by atoms with van der Waals surface area (Å²) in [6.07, 6.45) is 0. The summed E-state index contributed by atoms with van der Waals surface area (Å²) in [7, 11) is 0. The number of hydrogen-bond donors (Lipinski definition) is 1. The number of aromatic nitrogens is 1. The molecule has 5 heteroatoms. The number of nitrogens with one attached hydrogen (secondary N) is 1. The molecule has 108 valence electrons. The van der Waals surface area contributed by atoms with Gasteiger partial charge >= 0.3 is 0 Å². The zero-order valence-electron chi connectivity index (χ0n) is 11.6. The Balaban J connectivity index is 1.75. The lowest BCUT2D eigenvalue weighted by molar-refractivity contribution is 0.341. The van der Waals surface area contributed by atoms with Crippen LogP contribution in [-0.4, -0.2) is 11.6 Å². The summed E-state index contributed by atoms with van der Waals surface area (Å²) in [6.45, 7) is 3.36. The fourth-order valence-corrected chi connectivity index (χ4v) is 3.16. The molecule has 21 heavy (non-hydrogen) atoms. The van der Waals surface area contributed by atoms with Crippen molar-refractivity contribution in [2.75, 3.05) is 11.9 Å². The lowest BCUT2D eigenvalue weighted by atomic mass is 10.2. The van der Waals surface area contributed by atoms with Gasteiger partial charge in [0.1, 0.15) is 5.75 Å². The molecule has 3 nitrogen and oxygen atoms in total. The van der Waals surface area contributed by atoms with E-state index < -0.39 is 0 Å². The molecule has 0 aliphatic heterocycles. The number of thiazole rings is 1. The Hall–Kier alpha value is -1.78. The van der Waals surface area contributed by atoms with Gasteiger partial charge in [-0.1, -0.05) is 35.1 Å². The molecule has 1 N–H and O–H groups in total. The minimum Gasteiger partial charge on any atom is -0.494 e. The zero-order chi connectivity index (χ0) is 14.7. The van der Waals surface area contributed by atoms with Gasteiger partial charge in [0.2, 0.25) is 0 Å². The minimum atomic E-state index is 0.671. The van der Waals surface area contributed by atoms with E-state index in [1.54, 1.807) is 11.3 Å². The number of hydrogen-bond acceptors (Lipinski definition) is 4. The van der Waals surface area contributed by atoms with Crippen molar-refractivity contribution in [2.24, 2.45) is 0 Å². The van der Waals surface area contributed by atoms with Crippen molar-refractivity contribution in [3.63, 3.8) is 0 Å². The van der Waals surface area contributed by atoms with E-state index in [0.29, 0.717) is 13.2 Å². The smallest absolute Gasteiger partial charge is 0.184 e. The molecule has 1 heterocycles. The maximum Gasteiger partial charge on any atom is 0.184 e. The number of nitrogens with zero attached hydrogens (tertiary/aromatic N) is 1. The van der Waals surface area contributed by atoms with Gasteiger partial charge in [0.25, 0.3) is 0 Å². The molecule has 3 aromatic rings. The number of fused-ring (bicyclic) bond motifs is 1. The molecule has 0 fully saturated rings. The third-order valence-electron chi connectivity index (χ3n) is 3.00. The van der Waals surface area contributed by atoms with Crippen LogP contribution in [-0.2, 0) is 6.54 Å². The molecule has 0 unspecified atom stereocenters. The molecule has 0 atom stereocenters. The van der Waals surface area contributed by atoms with Gasteiger partial charge in [0, 0.05) is 11.6 Å². The monoisotopic (exact) mass is 318 g/mol. The SMILES string of the molecule is CCOc1ccc2nc(NCc3cccc(Cl)c3)sc2c1. The van der Waals surface area contributed by atoms with E-state index in [4.69, 9.17) is 16.3 Å². The number of rotatable bonds is 5. The molecule has 0 radical (unpaired) electrons. The van der Waals surface area contributed by atoms with Crippen molar-refractivity contribution in [3.05, 3.63) is 53.1 Å². The summed E-state index contributed by atoms with van der Waals surface area (Å²) in [5.41, 5.74) is 2.12. The average molecular weight is 319 g/mol. The van der Waals surface area contributed by atoms with Crippen molar-refractivity contribution < 1.29 is 4.74 Å². The maximum atomic E-state index is 5.98. The van der Waals surface area contributed by atoms with Gasteiger partial charge in [-0.25, -0.2) is 4.98 Å². The van der Waals surface area contributed by atoms with Crippen LogP contribution in [0.4, 0.5) is 5.13 Å². The predicted octanol–water partition coefficient (Wildman–Crippen LogP) is 4.96. The highest BCUT2D eigenvalue weighted by molar-refractivity contribution is 7.22. The summed E-state index contributed by atoms with van der Waals surface area (Å²) < 4.78 is 6.63. The van der Waals surface area contributed by atoms with Crippen molar-refractivity contribution >= 4 is 38.3 Å². The van der Waals surface area contributed by atoms with E-state index >= 15 is 0 Å². The van der Waals surface area contributed by atoms with Gasteiger partial charge in [-0.05, 0) is 42.8 Å². The molecule has 0 saturated heterocycles. The second-order valence-corrected chi connectivity index (χ2v) is 6.03. The first-order valence-electron chi connectivity index (χ1n) is 6.76. The summed E-state index contributed by atoms with van der Waals surface area (Å²) >= 11 is 7.61. The molecule has 3 rings (SSSR count). The number of halogens is 1. The summed E-state index contributed by atoms with van der Waals surface area (Å²) in [5, 5.41) is 4.99.